The van der Waals surface area contributed by atoms with E-state index in [1.54, 1.807) is 0 Å². The van der Waals surface area contributed by atoms with Crippen LogP contribution in [0.15, 0.2) is 30.5 Å². The molecule has 2 aliphatic rings. The summed E-state index contributed by atoms with van der Waals surface area (Å²) in [4.78, 5) is 38.1. The molecule has 190 valence electrons. The molecule has 35 heavy (non-hydrogen) atoms. The van der Waals surface area contributed by atoms with Crippen molar-refractivity contribution in [2.75, 3.05) is 6.54 Å². The summed E-state index contributed by atoms with van der Waals surface area (Å²) in [6, 6.07) is 7.47. The molecule has 2 bridgehead atoms. The van der Waals surface area contributed by atoms with Crippen LogP contribution in [0.5, 0.6) is 0 Å². The number of aliphatic carboxylic acids is 1. The van der Waals surface area contributed by atoms with E-state index < -0.39 is 17.9 Å². The van der Waals surface area contributed by atoms with Gasteiger partial charge >= 0.3 is 5.97 Å². The Hall–Kier alpha value is -2.83. The number of rotatable bonds is 6. The van der Waals surface area contributed by atoms with Crippen molar-refractivity contribution in [3.05, 3.63) is 36.0 Å². The standard InChI is InChI=1S/C28H39N3O4/c32-26(33)18-21(16-20-10-4-3-5-11-20)27(34)30-24-17-22-19-31(25-13-7-6-12-23(22)25)15-9-2-1-8-14-29-28(24)35/h6-7,12-13,19-21,24H,1-5,8-11,14-18H2,(H,29,35)(H,30,34)(H,32,33)/t21-,24+/m1/s1. The zero-order valence-corrected chi connectivity index (χ0v) is 20.6. The van der Waals surface area contributed by atoms with Crippen molar-refractivity contribution >= 4 is 28.7 Å². The molecule has 4 rings (SSSR count). The first kappa shape index (κ1) is 25.3. The predicted molar refractivity (Wildman–Crippen MR) is 136 cm³/mol. The van der Waals surface area contributed by atoms with Gasteiger partial charge in [-0.15, -0.1) is 0 Å². The number of carbonyl (C=O) groups excluding carboxylic acids is 2. The number of para-hydroxylation sites is 1. The van der Waals surface area contributed by atoms with Crippen LogP contribution in [-0.2, 0) is 27.3 Å². The van der Waals surface area contributed by atoms with E-state index in [0.717, 1.165) is 74.4 Å². The number of carbonyl (C=O) groups is 3. The lowest BCUT2D eigenvalue weighted by molar-refractivity contribution is -0.142. The number of nitrogens with zero attached hydrogens (tertiary/aromatic N) is 1. The molecule has 7 heteroatoms. The molecule has 0 spiro atoms. The number of carboxylic acids is 1. The Balaban J connectivity index is 1.56. The molecule has 7 nitrogen and oxygen atoms in total. The molecule has 1 fully saturated rings. The van der Waals surface area contributed by atoms with Crippen molar-refractivity contribution in [2.45, 2.75) is 89.6 Å². The fourth-order valence-corrected chi connectivity index (χ4v) is 5.80. The molecule has 3 N–H and O–H groups in total. The van der Waals surface area contributed by atoms with E-state index in [-0.39, 0.29) is 18.2 Å². The Morgan fingerprint density at radius 2 is 1.80 bits per heavy atom. The van der Waals surface area contributed by atoms with Gasteiger partial charge in [-0.2, -0.15) is 0 Å². The summed E-state index contributed by atoms with van der Waals surface area (Å²) in [6.45, 7) is 1.52. The Bertz CT molecular complexity index is 1020. The van der Waals surface area contributed by atoms with Gasteiger partial charge < -0.3 is 20.3 Å². The molecule has 2 amide bonds. The number of aryl methyl sites for hydroxylation is 1. The van der Waals surface area contributed by atoms with Gasteiger partial charge in [0.25, 0.3) is 0 Å². The van der Waals surface area contributed by atoms with Crippen LogP contribution in [-0.4, -0.2) is 40.0 Å². The SMILES string of the molecule is O=C(O)C[C@@H](CC1CCCCC1)C(=O)N[C@H]1Cc2cn(c3ccccc23)CCCCCCNC1=O. The normalized spacial score (nSPS) is 21.3. The van der Waals surface area contributed by atoms with Crippen LogP contribution in [0.25, 0.3) is 10.9 Å². The molecular formula is C28H39N3O4. The number of hydrogen-bond acceptors (Lipinski definition) is 3. The summed E-state index contributed by atoms with van der Waals surface area (Å²) in [7, 11) is 0. The molecule has 1 aliphatic heterocycles. The zero-order chi connectivity index (χ0) is 24.6. The van der Waals surface area contributed by atoms with E-state index in [0.29, 0.717) is 25.3 Å². The van der Waals surface area contributed by atoms with Crippen molar-refractivity contribution in [2.24, 2.45) is 11.8 Å². The summed E-state index contributed by atoms with van der Waals surface area (Å²) < 4.78 is 2.26. The van der Waals surface area contributed by atoms with E-state index in [2.05, 4.69) is 33.5 Å². The summed E-state index contributed by atoms with van der Waals surface area (Å²) >= 11 is 0. The number of benzene rings is 1. The second kappa shape index (κ2) is 12.2. The van der Waals surface area contributed by atoms with Gasteiger partial charge in [0.2, 0.25) is 11.8 Å². The van der Waals surface area contributed by atoms with Crippen LogP contribution in [0.2, 0.25) is 0 Å². The summed E-state index contributed by atoms with van der Waals surface area (Å²) in [5.41, 5.74) is 2.17. The highest BCUT2D eigenvalue weighted by Gasteiger charge is 2.30. The van der Waals surface area contributed by atoms with Crippen LogP contribution in [0.3, 0.4) is 0 Å². The fraction of sp³-hybridized carbons (Fsp3) is 0.607. The van der Waals surface area contributed by atoms with Crippen LogP contribution < -0.4 is 10.6 Å². The van der Waals surface area contributed by atoms with Gasteiger partial charge in [0.1, 0.15) is 6.04 Å². The molecule has 0 unspecified atom stereocenters. The molecule has 2 atom stereocenters. The molecule has 0 saturated heterocycles. The lowest BCUT2D eigenvalue weighted by Gasteiger charge is -2.27. The van der Waals surface area contributed by atoms with Crippen molar-refractivity contribution in [3.8, 4) is 0 Å². The number of amides is 2. The highest BCUT2D eigenvalue weighted by atomic mass is 16.4. The van der Waals surface area contributed by atoms with Crippen LogP contribution in [0.4, 0.5) is 0 Å². The Kier molecular flexibility index (Phi) is 8.83. The minimum atomic E-state index is -0.969. The molecule has 2 aromatic rings. The van der Waals surface area contributed by atoms with Gasteiger partial charge in [-0.3, -0.25) is 14.4 Å². The van der Waals surface area contributed by atoms with Crippen molar-refractivity contribution < 1.29 is 19.5 Å². The smallest absolute Gasteiger partial charge is 0.304 e. The number of aromatic nitrogens is 1. The summed E-state index contributed by atoms with van der Waals surface area (Å²) in [6.07, 6.45) is 12.6. The minimum Gasteiger partial charge on any atom is -0.481 e. The monoisotopic (exact) mass is 481 g/mol. The van der Waals surface area contributed by atoms with Gasteiger partial charge in [0, 0.05) is 42.5 Å². The topological polar surface area (TPSA) is 100 Å². The zero-order valence-electron chi connectivity index (χ0n) is 20.6. The molecular weight excluding hydrogens is 442 g/mol. The Labute approximate surface area is 207 Å². The van der Waals surface area contributed by atoms with E-state index in [1.807, 2.05) is 12.1 Å². The van der Waals surface area contributed by atoms with Crippen LogP contribution in [0.1, 0.15) is 76.2 Å². The van der Waals surface area contributed by atoms with Gasteiger partial charge in [0.05, 0.1) is 6.42 Å². The summed E-state index contributed by atoms with van der Waals surface area (Å²) in [5.74, 6) is -1.71. The third-order valence-corrected chi connectivity index (χ3v) is 7.69. The first-order chi connectivity index (χ1) is 17.0. The van der Waals surface area contributed by atoms with Crippen LogP contribution >= 0.6 is 0 Å². The van der Waals surface area contributed by atoms with Crippen molar-refractivity contribution in [1.82, 2.24) is 15.2 Å². The third-order valence-electron chi connectivity index (χ3n) is 7.69. The second-order valence-electron chi connectivity index (χ2n) is 10.4. The molecule has 1 aromatic carbocycles. The number of nitrogens with one attached hydrogen (secondary N) is 2. The maximum Gasteiger partial charge on any atom is 0.304 e. The first-order valence-corrected chi connectivity index (χ1v) is 13.4. The maximum absolute atomic E-state index is 13.4. The minimum absolute atomic E-state index is 0.193. The highest BCUT2D eigenvalue weighted by Crippen LogP contribution is 2.30. The average Bonchev–Trinajstić information content (AvgIpc) is 3.20. The average molecular weight is 482 g/mol. The third kappa shape index (κ3) is 6.86. The van der Waals surface area contributed by atoms with Gasteiger partial charge in [-0.1, -0.05) is 63.1 Å². The van der Waals surface area contributed by atoms with Crippen LogP contribution in [0, 0.1) is 11.8 Å². The number of carboxylic acid groups (broad SMARTS) is 1. The molecule has 0 radical (unpaired) electrons. The number of hydrogen-bond donors (Lipinski definition) is 3. The molecule has 1 saturated carbocycles. The van der Waals surface area contributed by atoms with Gasteiger partial charge in [-0.05, 0) is 36.8 Å². The van der Waals surface area contributed by atoms with Crippen molar-refractivity contribution in [1.29, 1.82) is 0 Å². The lowest BCUT2D eigenvalue weighted by Crippen LogP contribution is -2.50. The van der Waals surface area contributed by atoms with E-state index in [1.165, 1.54) is 6.42 Å². The Morgan fingerprint density at radius 1 is 1.06 bits per heavy atom. The largest absolute Gasteiger partial charge is 0.481 e. The summed E-state index contributed by atoms with van der Waals surface area (Å²) in [5, 5.41) is 16.6. The second-order valence-corrected chi connectivity index (χ2v) is 10.4. The van der Waals surface area contributed by atoms with E-state index in [4.69, 9.17) is 0 Å². The van der Waals surface area contributed by atoms with Crippen molar-refractivity contribution in [3.63, 3.8) is 0 Å². The highest BCUT2D eigenvalue weighted by molar-refractivity contribution is 5.91. The quantitative estimate of drug-likeness (QED) is 0.569. The molecule has 2 heterocycles. The molecule has 1 aromatic heterocycles. The van der Waals surface area contributed by atoms with Gasteiger partial charge in [0.15, 0.2) is 0 Å². The lowest BCUT2D eigenvalue weighted by atomic mass is 9.81. The van der Waals surface area contributed by atoms with E-state index >= 15 is 0 Å². The Morgan fingerprint density at radius 3 is 2.60 bits per heavy atom. The molecule has 1 aliphatic carbocycles. The maximum atomic E-state index is 13.4. The first-order valence-electron chi connectivity index (χ1n) is 13.4. The fourth-order valence-electron chi connectivity index (χ4n) is 5.80. The van der Waals surface area contributed by atoms with Gasteiger partial charge in [-0.25, -0.2) is 0 Å². The van der Waals surface area contributed by atoms with E-state index in [9.17, 15) is 19.5 Å². The number of fused-ring (bicyclic) bond motifs is 5. The predicted octanol–water partition coefficient (Wildman–Crippen LogP) is 4.42.